The number of nitrogens with one attached hydrogen (secondary N) is 1. The van der Waals surface area contributed by atoms with E-state index in [4.69, 9.17) is 9.15 Å². The molecule has 1 aromatic heterocycles. The second kappa shape index (κ2) is 7.18. The Kier molecular flexibility index (Phi) is 5.51. The number of carbonyl (C=O) groups is 1. The van der Waals surface area contributed by atoms with E-state index in [0.717, 1.165) is 37.9 Å². The summed E-state index contributed by atoms with van der Waals surface area (Å²) in [6, 6.07) is 2.60. The molecule has 22 heavy (non-hydrogen) atoms. The first kappa shape index (κ1) is 16.9. The number of ether oxygens (including phenoxy) is 1. The fourth-order valence-electron chi connectivity index (χ4n) is 2.34. The van der Waals surface area contributed by atoms with Crippen LogP contribution in [0.4, 0.5) is 4.79 Å². The lowest BCUT2D eigenvalue weighted by atomic mass is 10.2. The largest absolute Gasteiger partial charge is 0.472 e. The van der Waals surface area contributed by atoms with E-state index in [2.05, 4.69) is 12.2 Å². The second-order valence-electron chi connectivity index (χ2n) is 6.99. The number of hydrogen-bond donors (Lipinski definition) is 1. The smallest absolute Gasteiger partial charge is 0.410 e. The molecule has 2 rings (SSSR count). The van der Waals surface area contributed by atoms with E-state index in [-0.39, 0.29) is 12.1 Å². The summed E-state index contributed by atoms with van der Waals surface area (Å²) in [6.45, 7) is 9.43. The molecule has 1 aromatic rings. The SMILES string of the molecule is CC(NCCCN(C(=O)OC(C)(C)C)C1CC1)c1ccoc1. The normalized spacial score (nSPS) is 16.4. The second-order valence-corrected chi connectivity index (χ2v) is 6.99. The zero-order chi connectivity index (χ0) is 16.2. The first-order valence-electron chi connectivity index (χ1n) is 8.12. The molecule has 5 heteroatoms. The van der Waals surface area contributed by atoms with E-state index >= 15 is 0 Å². The van der Waals surface area contributed by atoms with Gasteiger partial charge in [0.1, 0.15) is 5.60 Å². The summed E-state index contributed by atoms with van der Waals surface area (Å²) >= 11 is 0. The summed E-state index contributed by atoms with van der Waals surface area (Å²) in [5.74, 6) is 0. The molecule has 1 saturated carbocycles. The third-order valence-electron chi connectivity index (χ3n) is 3.69. The number of amides is 1. The number of furan rings is 1. The van der Waals surface area contributed by atoms with E-state index in [1.165, 1.54) is 0 Å². The van der Waals surface area contributed by atoms with Gasteiger partial charge in [-0.1, -0.05) is 0 Å². The van der Waals surface area contributed by atoms with Crippen LogP contribution < -0.4 is 5.32 Å². The van der Waals surface area contributed by atoms with Crippen LogP contribution in [-0.4, -0.2) is 35.7 Å². The van der Waals surface area contributed by atoms with Crippen LogP contribution in [0.2, 0.25) is 0 Å². The summed E-state index contributed by atoms with van der Waals surface area (Å²) < 4.78 is 10.6. The van der Waals surface area contributed by atoms with Crippen molar-refractivity contribution in [3.8, 4) is 0 Å². The molecule has 0 aliphatic heterocycles. The maximum atomic E-state index is 12.2. The van der Waals surface area contributed by atoms with Crippen LogP contribution in [0.1, 0.15) is 58.6 Å². The van der Waals surface area contributed by atoms with E-state index in [1.54, 1.807) is 12.5 Å². The predicted molar refractivity (Wildman–Crippen MR) is 85.7 cm³/mol. The highest BCUT2D eigenvalue weighted by Gasteiger charge is 2.34. The molecule has 1 unspecified atom stereocenters. The molecule has 1 amide bonds. The highest BCUT2D eigenvalue weighted by atomic mass is 16.6. The molecule has 0 spiro atoms. The quantitative estimate of drug-likeness (QED) is 0.780. The van der Waals surface area contributed by atoms with Crippen molar-refractivity contribution in [1.29, 1.82) is 0 Å². The van der Waals surface area contributed by atoms with Gasteiger partial charge in [-0.05, 0) is 59.6 Å². The van der Waals surface area contributed by atoms with Crippen LogP contribution >= 0.6 is 0 Å². The Bertz CT molecular complexity index is 461. The van der Waals surface area contributed by atoms with Gasteiger partial charge in [-0.2, -0.15) is 0 Å². The topological polar surface area (TPSA) is 54.7 Å². The Balaban J connectivity index is 1.72. The number of hydrogen-bond acceptors (Lipinski definition) is 4. The lowest BCUT2D eigenvalue weighted by molar-refractivity contribution is 0.0232. The van der Waals surface area contributed by atoms with Gasteiger partial charge in [-0.3, -0.25) is 0 Å². The van der Waals surface area contributed by atoms with E-state index in [1.807, 2.05) is 31.7 Å². The van der Waals surface area contributed by atoms with Gasteiger partial charge in [0.25, 0.3) is 0 Å². The molecule has 1 atom stereocenters. The van der Waals surface area contributed by atoms with Crippen molar-refractivity contribution in [3.05, 3.63) is 24.2 Å². The Morgan fingerprint density at radius 1 is 1.50 bits per heavy atom. The van der Waals surface area contributed by atoms with Crippen molar-refractivity contribution in [2.75, 3.05) is 13.1 Å². The van der Waals surface area contributed by atoms with Gasteiger partial charge < -0.3 is 19.4 Å². The number of rotatable bonds is 7. The molecule has 1 N–H and O–H groups in total. The molecular weight excluding hydrogens is 280 g/mol. The monoisotopic (exact) mass is 308 g/mol. The molecule has 1 heterocycles. The predicted octanol–water partition coefficient (Wildman–Crippen LogP) is 3.72. The van der Waals surface area contributed by atoms with Gasteiger partial charge in [-0.15, -0.1) is 0 Å². The van der Waals surface area contributed by atoms with Crippen molar-refractivity contribution in [3.63, 3.8) is 0 Å². The van der Waals surface area contributed by atoms with Crippen molar-refractivity contribution in [2.45, 2.75) is 64.6 Å². The van der Waals surface area contributed by atoms with Crippen molar-refractivity contribution in [1.82, 2.24) is 10.2 Å². The summed E-state index contributed by atoms with van der Waals surface area (Å²) in [6.07, 6.45) is 6.37. The van der Waals surface area contributed by atoms with Crippen LogP contribution in [0.5, 0.6) is 0 Å². The van der Waals surface area contributed by atoms with Crippen molar-refractivity contribution < 1.29 is 13.9 Å². The Morgan fingerprint density at radius 2 is 2.23 bits per heavy atom. The minimum atomic E-state index is -0.432. The molecule has 5 nitrogen and oxygen atoms in total. The molecule has 1 aliphatic rings. The molecule has 1 fully saturated rings. The first-order chi connectivity index (χ1) is 10.4. The van der Waals surface area contributed by atoms with Crippen LogP contribution in [0, 0.1) is 0 Å². The van der Waals surface area contributed by atoms with Gasteiger partial charge >= 0.3 is 6.09 Å². The van der Waals surface area contributed by atoms with Crippen molar-refractivity contribution >= 4 is 6.09 Å². The third kappa shape index (κ3) is 5.37. The van der Waals surface area contributed by atoms with E-state index < -0.39 is 5.60 Å². The fraction of sp³-hybridized carbons (Fsp3) is 0.706. The summed E-state index contributed by atoms with van der Waals surface area (Å²) in [5.41, 5.74) is 0.712. The Hall–Kier alpha value is -1.49. The van der Waals surface area contributed by atoms with Crippen molar-refractivity contribution in [2.24, 2.45) is 0 Å². The average Bonchev–Trinajstić information content (AvgIpc) is 3.09. The zero-order valence-electron chi connectivity index (χ0n) is 14.1. The Labute approximate surface area is 133 Å². The molecule has 0 radical (unpaired) electrons. The van der Waals surface area contributed by atoms with E-state index in [0.29, 0.717) is 6.04 Å². The zero-order valence-corrected chi connectivity index (χ0v) is 14.1. The molecule has 124 valence electrons. The van der Waals surface area contributed by atoms with E-state index in [9.17, 15) is 4.79 Å². The van der Waals surface area contributed by atoms with Gasteiger partial charge in [0.2, 0.25) is 0 Å². The number of nitrogens with zero attached hydrogens (tertiary/aromatic N) is 1. The summed E-state index contributed by atoms with van der Waals surface area (Å²) in [4.78, 5) is 14.1. The highest BCUT2D eigenvalue weighted by molar-refractivity contribution is 5.69. The summed E-state index contributed by atoms with van der Waals surface area (Å²) in [5, 5.41) is 3.45. The minimum Gasteiger partial charge on any atom is -0.472 e. The van der Waals surface area contributed by atoms with Gasteiger partial charge in [0.15, 0.2) is 0 Å². The average molecular weight is 308 g/mol. The minimum absolute atomic E-state index is 0.183. The maximum Gasteiger partial charge on any atom is 0.410 e. The van der Waals surface area contributed by atoms with Gasteiger partial charge in [0, 0.05) is 24.2 Å². The Morgan fingerprint density at radius 3 is 2.77 bits per heavy atom. The van der Waals surface area contributed by atoms with Crippen LogP contribution in [0.15, 0.2) is 23.0 Å². The molecule has 1 aliphatic carbocycles. The van der Waals surface area contributed by atoms with Crippen LogP contribution in [0.3, 0.4) is 0 Å². The van der Waals surface area contributed by atoms with Crippen LogP contribution in [-0.2, 0) is 4.74 Å². The molecule has 0 bridgehead atoms. The highest BCUT2D eigenvalue weighted by Crippen LogP contribution is 2.28. The molecular formula is C17H28N2O3. The van der Waals surface area contributed by atoms with Crippen LogP contribution in [0.25, 0.3) is 0 Å². The fourth-order valence-corrected chi connectivity index (χ4v) is 2.34. The first-order valence-corrected chi connectivity index (χ1v) is 8.12. The third-order valence-corrected chi connectivity index (χ3v) is 3.69. The summed E-state index contributed by atoms with van der Waals surface area (Å²) in [7, 11) is 0. The molecule has 0 aromatic carbocycles. The van der Waals surface area contributed by atoms with Gasteiger partial charge in [-0.25, -0.2) is 4.79 Å². The van der Waals surface area contributed by atoms with Gasteiger partial charge in [0.05, 0.1) is 12.5 Å². The number of carbonyl (C=O) groups excluding carboxylic acids is 1. The lowest BCUT2D eigenvalue weighted by Crippen LogP contribution is -2.39. The molecule has 0 saturated heterocycles. The standard InChI is InChI=1S/C17H28N2O3/c1-13(14-8-11-21-12-14)18-9-5-10-19(15-6-7-15)16(20)22-17(2,3)4/h8,11-13,15,18H,5-7,9-10H2,1-4H3. The lowest BCUT2D eigenvalue weighted by Gasteiger charge is -2.27. The maximum absolute atomic E-state index is 12.2.